The predicted octanol–water partition coefficient (Wildman–Crippen LogP) is 4.44. The topological polar surface area (TPSA) is 50.3 Å². The second-order valence-corrected chi connectivity index (χ2v) is 7.02. The fraction of sp³-hybridized carbons (Fsp3) is 0.238. The van der Waals surface area contributed by atoms with E-state index in [1.54, 1.807) is 7.11 Å². The normalized spacial score (nSPS) is 13.9. The van der Waals surface area contributed by atoms with Gasteiger partial charge in [-0.2, -0.15) is 0 Å². The van der Waals surface area contributed by atoms with Crippen molar-refractivity contribution in [1.29, 1.82) is 0 Å². The molecular formula is C21H21ClN4O. The van der Waals surface area contributed by atoms with Crippen molar-refractivity contribution in [2.24, 2.45) is 0 Å². The third-order valence-corrected chi connectivity index (χ3v) is 4.90. The molecule has 2 aromatic carbocycles. The Morgan fingerprint density at radius 1 is 1.19 bits per heavy atom. The second kappa shape index (κ2) is 7.94. The second-order valence-electron chi connectivity index (χ2n) is 6.58. The fourth-order valence-electron chi connectivity index (χ4n) is 3.33. The molecule has 0 aliphatic carbocycles. The summed E-state index contributed by atoms with van der Waals surface area (Å²) in [5.41, 5.74) is 4.36. The lowest BCUT2D eigenvalue weighted by Crippen LogP contribution is -2.31. The van der Waals surface area contributed by atoms with Gasteiger partial charge in [-0.05, 0) is 29.8 Å². The van der Waals surface area contributed by atoms with Gasteiger partial charge in [0, 0.05) is 42.8 Å². The van der Waals surface area contributed by atoms with Crippen molar-refractivity contribution in [2.45, 2.75) is 19.5 Å². The number of fused-ring (bicyclic) bond motifs is 1. The van der Waals surface area contributed by atoms with Crippen molar-refractivity contribution in [1.82, 2.24) is 14.9 Å². The molecule has 1 aromatic heterocycles. The molecule has 0 saturated heterocycles. The summed E-state index contributed by atoms with van der Waals surface area (Å²) in [6.07, 6.45) is 2.82. The maximum absolute atomic E-state index is 6.09. The lowest BCUT2D eigenvalue weighted by molar-refractivity contribution is 0.243. The quantitative estimate of drug-likeness (QED) is 0.709. The highest BCUT2D eigenvalue weighted by atomic mass is 35.5. The van der Waals surface area contributed by atoms with Crippen LogP contribution in [0, 0.1) is 0 Å². The summed E-state index contributed by atoms with van der Waals surface area (Å²) in [4.78, 5) is 11.6. The number of halogens is 1. The van der Waals surface area contributed by atoms with Gasteiger partial charge in [0.25, 0.3) is 0 Å². The SMILES string of the molecule is COc1ccccc1Nc1ncc2c(n1)CCN(Cc1cccc(Cl)c1)C2. The Labute approximate surface area is 164 Å². The molecule has 1 aliphatic rings. The molecule has 0 radical (unpaired) electrons. The van der Waals surface area contributed by atoms with Gasteiger partial charge in [0.05, 0.1) is 18.5 Å². The van der Waals surface area contributed by atoms with Crippen LogP contribution < -0.4 is 10.1 Å². The van der Waals surface area contributed by atoms with E-state index in [1.807, 2.05) is 48.7 Å². The molecule has 1 N–H and O–H groups in total. The molecule has 1 aliphatic heterocycles. The zero-order chi connectivity index (χ0) is 18.6. The highest BCUT2D eigenvalue weighted by Crippen LogP contribution is 2.27. The van der Waals surface area contributed by atoms with E-state index in [4.69, 9.17) is 21.3 Å². The predicted molar refractivity (Wildman–Crippen MR) is 108 cm³/mol. The van der Waals surface area contributed by atoms with Crippen LogP contribution in [0.3, 0.4) is 0 Å². The van der Waals surface area contributed by atoms with Gasteiger partial charge >= 0.3 is 0 Å². The molecule has 0 bridgehead atoms. The molecule has 0 unspecified atom stereocenters. The third kappa shape index (κ3) is 4.21. The van der Waals surface area contributed by atoms with E-state index in [0.29, 0.717) is 5.95 Å². The van der Waals surface area contributed by atoms with E-state index >= 15 is 0 Å². The highest BCUT2D eigenvalue weighted by molar-refractivity contribution is 6.30. The minimum Gasteiger partial charge on any atom is -0.495 e. The summed E-state index contributed by atoms with van der Waals surface area (Å²) in [5.74, 6) is 1.37. The molecule has 0 fully saturated rings. The van der Waals surface area contributed by atoms with Crippen molar-refractivity contribution < 1.29 is 4.74 Å². The molecule has 6 heteroatoms. The number of hydrogen-bond acceptors (Lipinski definition) is 5. The number of ether oxygens (including phenoxy) is 1. The number of methoxy groups -OCH3 is 1. The zero-order valence-electron chi connectivity index (χ0n) is 15.2. The average Bonchev–Trinajstić information content (AvgIpc) is 2.68. The number of nitrogens with one attached hydrogen (secondary N) is 1. The molecule has 3 aromatic rings. The molecule has 5 nitrogen and oxygen atoms in total. The maximum Gasteiger partial charge on any atom is 0.227 e. The van der Waals surface area contributed by atoms with Gasteiger partial charge in [-0.15, -0.1) is 0 Å². The number of para-hydroxylation sites is 2. The van der Waals surface area contributed by atoms with Crippen LogP contribution in [0.2, 0.25) is 5.02 Å². The Bertz CT molecular complexity index is 947. The first-order valence-corrected chi connectivity index (χ1v) is 9.31. The third-order valence-electron chi connectivity index (χ3n) is 4.66. The first kappa shape index (κ1) is 17.8. The van der Waals surface area contributed by atoms with Gasteiger partial charge in [-0.3, -0.25) is 4.90 Å². The number of hydrogen-bond donors (Lipinski definition) is 1. The Balaban J connectivity index is 1.46. The standard InChI is InChI=1S/C21H21ClN4O/c1-27-20-8-3-2-7-19(20)25-21-23-12-16-14-26(10-9-18(16)24-21)13-15-5-4-6-17(22)11-15/h2-8,11-12H,9-10,13-14H2,1H3,(H,23,24,25). The summed E-state index contributed by atoms with van der Waals surface area (Å²) in [6, 6.07) is 15.8. The zero-order valence-corrected chi connectivity index (χ0v) is 15.9. The van der Waals surface area contributed by atoms with Crippen LogP contribution in [0.4, 0.5) is 11.6 Å². The van der Waals surface area contributed by atoms with Crippen LogP contribution in [0.1, 0.15) is 16.8 Å². The molecule has 2 heterocycles. The lowest BCUT2D eigenvalue weighted by Gasteiger charge is -2.28. The minimum absolute atomic E-state index is 0.599. The van der Waals surface area contributed by atoms with Crippen molar-refractivity contribution in [2.75, 3.05) is 19.0 Å². The smallest absolute Gasteiger partial charge is 0.227 e. The highest BCUT2D eigenvalue weighted by Gasteiger charge is 2.19. The first-order chi connectivity index (χ1) is 13.2. The van der Waals surface area contributed by atoms with Crippen LogP contribution in [-0.4, -0.2) is 28.5 Å². The largest absolute Gasteiger partial charge is 0.495 e. The van der Waals surface area contributed by atoms with Crippen LogP contribution in [0.25, 0.3) is 0 Å². The van der Waals surface area contributed by atoms with E-state index in [1.165, 1.54) is 11.1 Å². The molecule has 0 amide bonds. The summed E-state index contributed by atoms with van der Waals surface area (Å²) in [5, 5.41) is 4.03. The van der Waals surface area contributed by atoms with E-state index in [0.717, 1.165) is 48.2 Å². The van der Waals surface area contributed by atoms with Crippen molar-refractivity contribution in [3.8, 4) is 5.75 Å². The summed E-state index contributed by atoms with van der Waals surface area (Å²) < 4.78 is 5.38. The van der Waals surface area contributed by atoms with Gasteiger partial charge in [0.2, 0.25) is 5.95 Å². The summed E-state index contributed by atoms with van der Waals surface area (Å²) in [7, 11) is 1.66. The minimum atomic E-state index is 0.599. The van der Waals surface area contributed by atoms with E-state index in [9.17, 15) is 0 Å². The van der Waals surface area contributed by atoms with E-state index < -0.39 is 0 Å². The molecule has 4 rings (SSSR count). The molecule has 0 saturated carbocycles. The Morgan fingerprint density at radius 3 is 2.93 bits per heavy atom. The molecule has 27 heavy (non-hydrogen) atoms. The molecule has 0 spiro atoms. The van der Waals surface area contributed by atoms with Gasteiger partial charge in [0.15, 0.2) is 0 Å². The first-order valence-electron chi connectivity index (χ1n) is 8.93. The Kier molecular flexibility index (Phi) is 5.23. The van der Waals surface area contributed by atoms with Gasteiger partial charge in [-0.25, -0.2) is 9.97 Å². The fourth-order valence-corrected chi connectivity index (χ4v) is 3.54. The van der Waals surface area contributed by atoms with Crippen molar-refractivity contribution >= 4 is 23.2 Å². The van der Waals surface area contributed by atoms with Gasteiger partial charge in [-0.1, -0.05) is 35.9 Å². The monoisotopic (exact) mass is 380 g/mol. The van der Waals surface area contributed by atoms with Crippen LogP contribution in [0.5, 0.6) is 5.75 Å². The average molecular weight is 381 g/mol. The lowest BCUT2D eigenvalue weighted by atomic mass is 10.1. The number of rotatable bonds is 5. The molecule has 0 atom stereocenters. The Hall–Kier alpha value is -2.63. The van der Waals surface area contributed by atoms with E-state index in [-0.39, 0.29) is 0 Å². The molecule has 138 valence electrons. The van der Waals surface area contributed by atoms with E-state index in [2.05, 4.69) is 21.3 Å². The number of benzene rings is 2. The number of nitrogens with zero attached hydrogens (tertiary/aromatic N) is 3. The number of anilines is 2. The number of aromatic nitrogens is 2. The summed E-state index contributed by atoms with van der Waals surface area (Å²) in [6.45, 7) is 2.68. The van der Waals surface area contributed by atoms with Crippen molar-refractivity contribution in [3.05, 3.63) is 76.6 Å². The molecular weight excluding hydrogens is 360 g/mol. The van der Waals surface area contributed by atoms with Crippen LogP contribution >= 0.6 is 11.6 Å². The van der Waals surface area contributed by atoms with Gasteiger partial charge < -0.3 is 10.1 Å². The maximum atomic E-state index is 6.09. The summed E-state index contributed by atoms with van der Waals surface area (Å²) >= 11 is 6.09. The van der Waals surface area contributed by atoms with Crippen LogP contribution in [-0.2, 0) is 19.5 Å². The van der Waals surface area contributed by atoms with Crippen LogP contribution in [0.15, 0.2) is 54.7 Å². The van der Waals surface area contributed by atoms with Crippen molar-refractivity contribution in [3.63, 3.8) is 0 Å². The Morgan fingerprint density at radius 2 is 2.07 bits per heavy atom. The van der Waals surface area contributed by atoms with Gasteiger partial charge in [0.1, 0.15) is 5.75 Å².